The second-order valence-corrected chi connectivity index (χ2v) is 3.62. The second-order valence-electron chi connectivity index (χ2n) is 3.24. The molecule has 1 unspecified atom stereocenters. The molecule has 16 heavy (non-hydrogen) atoms. The molecule has 1 atom stereocenters. The van der Waals surface area contributed by atoms with E-state index < -0.39 is 12.1 Å². The van der Waals surface area contributed by atoms with E-state index in [2.05, 4.69) is 4.74 Å². The average molecular weight is 245 g/mol. The van der Waals surface area contributed by atoms with Crippen LogP contribution in [-0.2, 0) is 9.53 Å². The molecule has 4 nitrogen and oxygen atoms in total. The topological polar surface area (TPSA) is 55.8 Å². The van der Waals surface area contributed by atoms with Gasteiger partial charge in [-0.3, -0.25) is 0 Å². The summed E-state index contributed by atoms with van der Waals surface area (Å²) >= 11 is 6.02. The highest BCUT2D eigenvalue weighted by Crippen LogP contribution is 2.35. The van der Waals surface area contributed by atoms with Crippen LogP contribution in [0, 0.1) is 6.92 Å². The molecule has 0 aliphatic rings. The Morgan fingerprint density at radius 2 is 2.06 bits per heavy atom. The third kappa shape index (κ3) is 2.28. The highest BCUT2D eigenvalue weighted by Gasteiger charge is 2.23. The number of carbonyl (C=O) groups is 1. The Hall–Kier alpha value is -1.26. The van der Waals surface area contributed by atoms with Gasteiger partial charge in [-0.25, -0.2) is 4.79 Å². The summed E-state index contributed by atoms with van der Waals surface area (Å²) in [5, 5.41) is 9.89. The van der Waals surface area contributed by atoms with Crippen molar-refractivity contribution in [2.45, 2.75) is 13.0 Å². The summed E-state index contributed by atoms with van der Waals surface area (Å²) < 4.78 is 9.52. The molecule has 0 radical (unpaired) electrons. The molecule has 0 heterocycles. The Morgan fingerprint density at radius 1 is 1.44 bits per heavy atom. The SMILES string of the molecule is COC(=O)C(O)c1ccc(C)c(OC)c1Cl. The largest absolute Gasteiger partial charge is 0.495 e. The van der Waals surface area contributed by atoms with Crippen molar-refractivity contribution in [2.24, 2.45) is 0 Å². The van der Waals surface area contributed by atoms with E-state index in [1.165, 1.54) is 14.2 Å². The molecule has 5 heteroatoms. The van der Waals surface area contributed by atoms with Crippen LogP contribution in [0.25, 0.3) is 0 Å². The van der Waals surface area contributed by atoms with Gasteiger partial charge in [-0.2, -0.15) is 0 Å². The molecule has 0 fully saturated rings. The Labute approximate surface area is 98.7 Å². The Bertz CT molecular complexity index is 403. The highest BCUT2D eigenvalue weighted by molar-refractivity contribution is 6.33. The lowest BCUT2D eigenvalue weighted by Crippen LogP contribution is -2.14. The van der Waals surface area contributed by atoms with Crippen LogP contribution in [0.1, 0.15) is 17.2 Å². The third-order valence-electron chi connectivity index (χ3n) is 2.25. The highest BCUT2D eigenvalue weighted by atomic mass is 35.5. The maximum atomic E-state index is 11.2. The van der Waals surface area contributed by atoms with E-state index in [9.17, 15) is 9.90 Å². The van der Waals surface area contributed by atoms with Gasteiger partial charge in [0, 0.05) is 5.56 Å². The molecule has 0 saturated carbocycles. The van der Waals surface area contributed by atoms with Crippen molar-refractivity contribution in [3.05, 3.63) is 28.3 Å². The molecule has 88 valence electrons. The Kier molecular flexibility index (Phi) is 4.15. The van der Waals surface area contributed by atoms with Crippen LogP contribution < -0.4 is 4.74 Å². The predicted octanol–water partition coefficient (Wildman–Crippen LogP) is 1.86. The third-order valence-corrected chi connectivity index (χ3v) is 2.64. The normalized spacial score (nSPS) is 12.1. The number of aliphatic hydroxyl groups is 1. The van der Waals surface area contributed by atoms with Crippen LogP contribution in [0.2, 0.25) is 5.02 Å². The van der Waals surface area contributed by atoms with Crippen LogP contribution in [0.15, 0.2) is 12.1 Å². The van der Waals surface area contributed by atoms with Gasteiger partial charge in [-0.1, -0.05) is 23.7 Å². The van der Waals surface area contributed by atoms with E-state index in [0.717, 1.165) is 5.56 Å². The lowest BCUT2D eigenvalue weighted by molar-refractivity contribution is -0.150. The molecular weight excluding hydrogens is 232 g/mol. The van der Waals surface area contributed by atoms with Crippen molar-refractivity contribution >= 4 is 17.6 Å². The van der Waals surface area contributed by atoms with Gasteiger partial charge in [0.25, 0.3) is 0 Å². The number of ether oxygens (including phenoxy) is 2. The molecule has 1 rings (SSSR count). The first-order valence-electron chi connectivity index (χ1n) is 4.61. The second kappa shape index (κ2) is 5.18. The quantitative estimate of drug-likeness (QED) is 0.825. The minimum Gasteiger partial charge on any atom is -0.495 e. The summed E-state index contributed by atoms with van der Waals surface area (Å²) in [6.45, 7) is 1.82. The van der Waals surface area contributed by atoms with Crippen molar-refractivity contribution < 1.29 is 19.4 Å². The fourth-order valence-electron chi connectivity index (χ4n) is 1.37. The number of methoxy groups -OCH3 is 2. The van der Waals surface area contributed by atoms with E-state index in [1.54, 1.807) is 12.1 Å². The minimum atomic E-state index is -1.40. The van der Waals surface area contributed by atoms with Crippen molar-refractivity contribution in [3.8, 4) is 5.75 Å². The monoisotopic (exact) mass is 244 g/mol. The number of halogens is 1. The summed E-state index contributed by atoms with van der Waals surface area (Å²) in [6, 6.07) is 3.29. The first kappa shape index (κ1) is 12.8. The van der Waals surface area contributed by atoms with Gasteiger partial charge in [-0.05, 0) is 12.5 Å². The van der Waals surface area contributed by atoms with E-state index in [1.807, 2.05) is 6.92 Å². The number of aryl methyl sites for hydroxylation is 1. The number of aliphatic hydroxyl groups excluding tert-OH is 1. The van der Waals surface area contributed by atoms with E-state index >= 15 is 0 Å². The van der Waals surface area contributed by atoms with Crippen LogP contribution in [-0.4, -0.2) is 25.3 Å². The molecule has 0 saturated heterocycles. The smallest absolute Gasteiger partial charge is 0.339 e. The van der Waals surface area contributed by atoms with Gasteiger partial charge in [-0.15, -0.1) is 0 Å². The van der Waals surface area contributed by atoms with Gasteiger partial charge >= 0.3 is 5.97 Å². The lowest BCUT2D eigenvalue weighted by atomic mass is 10.1. The first-order chi connectivity index (χ1) is 7.52. The number of hydrogen-bond acceptors (Lipinski definition) is 4. The van der Waals surface area contributed by atoms with Gasteiger partial charge < -0.3 is 14.6 Å². The summed E-state index contributed by atoms with van der Waals surface area (Å²) in [5.74, 6) is -0.310. The summed E-state index contributed by atoms with van der Waals surface area (Å²) in [7, 11) is 2.67. The van der Waals surface area contributed by atoms with Gasteiger partial charge in [0.1, 0.15) is 5.75 Å². The Morgan fingerprint density at radius 3 is 2.56 bits per heavy atom. The number of carbonyl (C=O) groups excluding carboxylic acids is 1. The zero-order valence-corrected chi connectivity index (χ0v) is 10.0. The molecule has 1 aromatic carbocycles. The van der Waals surface area contributed by atoms with Crippen molar-refractivity contribution in [2.75, 3.05) is 14.2 Å². The summed E-state index contributed by atoms with van der Waals surface area (Å²) in [6.07, 6.45) is -1.40. The average Bonchev–Trinajstić information content (AvgIpc) is 2.28. The molecule has 0 spiro atoms. The van der Waals surface area contributed by atoms with Crippen molar-refractivity contribution in [3.63, 3.8) is 0 Å². The summed E-state index contributed by atoms with van der Waals surface area (Å²) in [4.78, 5) is 11.2. The molecule has 0 amide bonds. The number of benzene rings is 1. The van der Waals surface area contributed by atoms with Crippen molar-refractivity contribution in [1.29, 1.82) is 0 Å². The Balaban J connectivity index is 3.20. The molecule has 0 aliphatic heterocycles. The van der Waals surface area contributed by atoms with Crippen LogP contribution in [0.5, 0.6) is 5.75 Å². The van der Waals surface area contributed by atoms with E-state index in [-0.39, 0.29) is 10.6 Å². The first-order valence-corrected chi connectivity index (χ1v) is 4.99. The van der Waals surface area contributed by atoms with Crippen LogP contribution in [0.3, 0.4) is 0 Å². The molecule has 1 aromatic rings. The fourth-order valence-corrected chi connectivity index (χ4v) is 1.76. The molecular formula is C11H13ClO4. The predicted molar refractivity (Wildman–Crippen MR) is 59.7 cm³/mol. The van der Waals surface area contributed by atoms with Gasteiger partial charge in [0.15, 0.2) is 6.10 Å². The lowest BCUT2D eigenvalue weighted by Gasteiger charge is -2.14. The number of rotatable bonds is 3. The molecule has 0 bridgehead atoms. The number of esters is 1. The maximum Gasteiger partial charge on any atom is 0.339 e. The van der Waals surface area contributed by atoms with Crippen LogP contribution in [0.4, 0.5) is 0 Å². The maximum absolute atomic E-state index is 11.2. The van der Waals surface area contributed by atoms with Crippen molar-refractivity contribution in [1.82, 2.24) is 0 Å². The van der Waals surface area contributed by atoms with E-state index in [4.69, 9.17) is 16.3 Å². The van der Waals surface area contributed by atoms with E-state index in [0.29, 0.717) is 5.75 Å². The molecule has 0 aromatic heterocycles. The van der Waals surface area contributed by atoms with Gasteiger partial charge in [0.2, 0.25) is 0 Å². The molecule has 0 aliphatic carbocycles. The minimum absolute atomic E-state index is 0.223. The fraction of sp³-hybridized carbons (Fsp3) is 0.364. The zero-order chi connectivity index (χ0) is 12.3. The standard InChI is InChI=1S/C11H13ClO4/c1-6-4-5-7(8(12)10(6)15-2)9(13)11(14)16-3/h4-5,9,13H,1-3H3. The number of hydrogen-bond donors (Lipinski definition) is 1. The zero-order valence-electron chi connectivity index (χ0n) is 9.28. The van der Waals surface area contributed by atoms with Gasteiger partial charge in [0.05, 0.1) is 19.2 Å². The molecule has 1 N–H and O–H groups in total. The summed E-state index contributed by atoms with van der Waals surface area (Å²) in [5.41, 5.74) is 1.10. The van der Waals surface area contributed by atoms with Crippen LogP contribution >= 0.6 is 11.6 Å².